The minimum atomic E-state index is -0.598. The van der Waals surface area contributed by atoms with Crippen molar-refractivity contribution in [2.24, 2.45) is 0 Å². The van der Waals surface area contributed by atoms with Gasteiger partial charge in [-0.1, -0.05) is 0 Å². The van der Waals surface area contributed by atoms with Crippen molar-refractivity contribution in [2.45, 2.75) is 0 Å². The van der Waals surface area contributed by atoms with Crippen LogP contribution >= 0.6 is 24.9 Å². The molecule has 3 aromatic rings. The standard InChI is InChI=1S/C5H4N3P3.C5H5.Fe/c1-2-4-5(3-1)11-7-9-6-10-8-11;1-2-4-5-3-1;/h1-4H;1-5H;/q;-1;+2. The second-order valence-electron chi connectivity index (χ2n) is 2.84. The SMILES string of the molecule is [Fe+2].c1cc[c-](-[p+]2npnpn2)c1.c1cc[cH-]c1. The molecule has 0 saturated heterocycles. The molecule has 0 radical (unpaired) electrons. The van der Waals surface area contributed by atoms with Gasteiger partial charge in [-0.15, -0.1) is 0 Å². The molecule has 86 valence electrons. The Bertz CT molecular complexity index is 468. The molecule has 7 heteroatoms. The van der Waals surface area contributed by atoms with Gasteiger partial charge in [0.15, 0.2) is 7.85 Å². The van der Waals surface area contributed by atoms with Crippen LogP contribution < -0.4 is 0 Å². The quantitative estimate of drug-likeness (QED) is 0.492. The number of aromatic nitrogens is 3. The van der Waals surface area contributed by atoms with Crippen LogP contribution in [0.2, 0.25) is 0 Å². The van der Waals surface area contributed by atoms with Crippen LogP contribution in [0.4, 0.5) is 0 Å². The molecule has 1 heterocycles. The van der Waals surface area contributed by atoms with Gasteiger partial charge in [-0.05, 0) is 18.8 Å². The fraction of sp³-hybridized carbons (Fsp3) is 0. The molecule has 0 aliphatic carbocycles. The first-order valence-electron chi connectivity index (χ1n) is 4.67. The summed E-state index contributed by atoms with van der Waals surface area (Å²) in [7, 11) is 1.07. The Morgan fingerprint density at radius 2 is 1.53 bits per heavy atom. The Labute approximate surface area is 115 Å². The first-order chi connectivity index (χ1) is 7.97. The average Bonchev–Trinajstić information content (AvgIpc) is 3.07. The maximum atomic E-state index is 4.27. The zero-order valence-electron chi connectivity index (χ0n) is 8.73. The van der Waals surface area contributed by atoms with E-state index in [1.807, 2.05) is 42.5 Å². The first-order valence-corrected chi connectivity index (χ1v) is 7.51. The molecule has 0 amide bonds. The van der Waals surface area contributed by atoms with Gasteiger partial charge in [0.05, 0.1) is 0 Å². The third kappa shape index (κ3) is 5.13. The summed E-state index contributed by atoms with van der Waals surface area (Å²) in [5.41, 5.74) is 0. The van der Waals surface area contributed by atoms with Gasteiger partial charge in [0, 0.05) is 0 Å². The Kier molecular flexibility index (Phi) is 7.36. The molecule has 0 bridgehead atoms. The molecule has 0 unspecified atom stereocenters. The van der Waals surface area contributed by atoms with E-state index in [-0.39, 0.29) is 17.1 Å². The molecule has 0 saturated carbocycles. The van der Waals surface area contributed by atoms with Gasteiger partial charge in [0.25, 0.3) is 0 Å². The van der Waals surface area contributed by atoms with Gasteiger partial charge in [-0.25, -0.2) is 24.3 Å². The largest absolute Gasteiger partial charge is 2.00 e. The van der Waals surface area contributed by atoms with Crippen LogP contribution in [0.25, 0.3) is 5.30 Å². The van der Waals surface area contributed by atoms with Gasteiger partial charge < -0.3 is 0 Å². The van der Waals surface area contributed by atoms with E-state index in [4.69, 9.17) is 0 Å². The molecule has 0 atom stereocenters. The number of hydrogen-bond donors (Lipinski definition) is 0. The summed E-state index contributed by atoms with van der Waals surface area (Å²) in [4.78, 5) is 0. The third-order valence-corrected chi connectivity index (χ3v) is 5.16. The zero-order chi connectivity index (χ0) is 11.1. The van der Waals surface area contributed by atoms with E-state index in [0.717, 1.165) is 17.0 Å². The maximum absolute atomic E-state index is 4.27. The molecular formula is C10H9FeN3P3+. The average molecular weight is 320 g/mol. The summed E-state index contributed by atoms with van der Waals surface area (Å²) in [6.45, 7) is 0. The summed E-state index contributed by atoms with van der Waals surface area (Å²) >= 11 is 0. The van der Waals surface area contributed by atoms with Crippen molar-refractivity contribution in [3.8, 4) is 5.30 Å². The van der Waals surface area contributed by atoms with Gasteiger partial charge in [-0.2, -0.15) is 30.3 Å². The van der Waals surface area contributed by atoms with Crippen molar-refractivity contribution in [1.29, 1.82) is 0 Å². The molecule has 0 aliphatic heterocycles. The zero-order valence-corrected chi connectivity index (χ0v) is 12.5. The van der Waals surface area contributed by atoms with Crippen LogP contribution in [0.3, 0.4) is 0 Å². The van der Waals surface area contributed by atoms with Gasteiger partial charge in [-0.3, -0.25) is 0 Å². The second-order valence-corrected chi connectivity index (χ2v) is 6.44. The molecule has 0 aliphatic rings. The second kappa shape index (κ2) is 8.59. The molecule has 0 fully saturated rings. The van der Waals surface area contributed by atoms with Crippen LogP contribution in [0, 0.1) is 0 Å². The monoisotopic (exact) mass is 320 g/mol. The molecule has 3 rings (SSSR count). The van der Waals surface area contributed by atoms with Crippen LogP contribution in [-0.2, 0) is 17.1 Å². The van der Waals surface area contributed by atoms with Crippen LogP contribution in [0.5, 0.6) is 0 Å². The molecule has 3 nitrogen and oxygen atoms in total. The normalized spacial score (nSPS) is 10.7. The Balaban J connectivity index is 0.000000205. The molecular weight excluding hydrogens is 311 g/mol. The van der Waals surface area contributed by atoms with Crippen LogP contribution in [-0.4, -0.2) is 13.5 Å². The fourth-order valence-electron chi connectivity index (χ4n) is 1.07. The van der Waals surface area contributed by atoms with Crippen molar-refractivity contribution in [1.82, 2.24) is 13.5 Å². The minimum absolute atomic E-state index is 0. The molecule has 0 N–H and O–H groups in total. The van der Waals surface area contributed by atoms with E-state index in [2.05, 4.69) is 25.7 Å². The van der Waals surface area contributed by atoms with Crippen molar-refractivity contribution in [2.75, 3.05) is 0 Å². The maximum Gasteiger partial charge on any atom is 2.00 e. The van der Waals surface area contributed by atoms with E-state index in [0.29, 0.717) is 0 Å². The van der Waals surface area contributed by atoms with E-state index >= 15 is 0 Å². The first kappa shape index (κ1) is 14.6. The number of hydrogen-bond acceptors (Lipinski definition) is 3. The van der Waals surface area contributed by atoms with Gasteiger partial charge in [0.1, 0.15) is 0 Å². The molecule has 2 aromatic carbocycles. The van der Waals surface area contributed by atoms with Crippen molar-refractivity contribution in [3.05, 3.63) is 54.6 Å². The topological polar surface area (TPSA) is 38.7 Å². The van der Waals surface area contributed by atoms with Crippen molar-refractivity contribution in [3.63, 3.8) is 0 Å². The van der Waals surface area contributed by atoms with E-state index in [9.17, 15) is 0 Å². The Hall–Kier alpha value is -0.481. The minimum Gasteiger partial charge on any atom is -0.214 e. The van der Waals surface area contributed by atoms with E-state index in [1.165, 1.54) is 5.30 Å². The predicted molar refractivity (Wildman–Crippen MR) is 70.9 cm³/mol. The molecule has 17 heavy (non-hydrogen) atoms. The molecule has 1 aromatic heterocycles. The summed E-state index contributed by atoms with van der Waals surface area (Å²) < 4.78 is 12.5. The summed E-state index contributed by atoms with van der Waals surface area (Å²) in [5.74, 6) is 0. The summed E-state index contributed by atoms with van der Waals surface area (Å²) in [6, 6.07) is 18.2. The summed E-state index contributed by atoms with van der Waals surface area (Å²) in [6.07, 6.45) is 0. The fourth-order valence-corrected chi connectivity index (χ4v) is 4.48. The Morgan fingerprint density at radius 1 is 0.941 bits per heavy atom. The predicted octanol–water partition coefficient (Wildman–Crippen LogP) is 4.41. The van der Waals surface area contributed by atoms with Gasteiger partial charge in [0.2, 0.25) is 0 Å². The van der Waals surface area contributed by atoms with Crippen molar-refractivity contribution >= 4 is 24.9 Å². The van der Waals surface area contributed by atoms with Crippen LogP contribution in [0.15, 0.2) is 54.6 Å². The van der Waals surface area contributed by atoms with Crippen molar-refractivity contribution < 1.29 is 17.1 Å². The molecule has 0 spiro atoms. The number of nitrogens with zero attached hydrogens (tertiary/aromatic N) is 3. The Morgan fingerprint density at radius 3 is 2.00 bits per heavy atom. The number of rotatable bonds is 1. The van der Waals surface area contributed by atoms with E-state index < -0.39 is 7.85 Å². The summed E-state index contributed by atoms with van der Waals surface area (Å²) in [5, 5.41) is 1.23. The van der Waals surface area contributed by atoms with Gasteiger partial charge >= 0.3 is 34.1 Å². The smallest absolute Gasteiger partial charge is 0.214 e. The van der Waals surface area contributed by atoms with Crippen LogP contribution in [0.1, 0.15) is 0 Å². The third-order valence-electron chi connectivity index (χ3n) is 1.76. The van der Waals surface area contributed by atoms with E-state index in [1.54, 1.807) is 0 Å².